The SMILES string of the molecule is CCC(=O)N1CCN(C(=O)C(NC(=O)c2ccc(F)cc2)S(=O)(=O)c2ccc(F)cc2)CC1. The Morgan fingerprint density at radius 1 is 0.879 bits per heavy atom. The predicted molar refractivity (Wildman–Crippen MR) is 115 cm³/mol. The van der Waals surface area contributed by atoms with Crippen LogP contribution in [-0.4, -0.2) is 67.5 Å². The standard InChI is InChI=1S/C22H23F2N3O5S/c1-2-19(28)26-11-13-27(14-12-26)22(30)21(25-20(29)15-3-5-16(23)6-4-15)33(31,32)18-9-7-17(24)8-10-18/h3-10,21H,2,11-14H2,1H3,(H,25,29). The summed E-state index contributed by atoms with van der Waals surface area (Å²) in [5.74, 6) is -3.10. The van der Waals surface area contributed by atoms with Gasteiger partial charge >= 0.3 is 0 Å². The van der Waals surface area contributed by atoms with E-state index in [2.05, 4.69) is 5.32 Å². The molecule has 3 rings (SSSR count). The minimum absolute atomic E-state index is 0.0399. The highest BCUT2D eigenvalue weighted by atomic mass is 32.2. The maximum Gasteiger partial charge on any atom is 0.261 e. The largest absolute Gasteiger partial charge is 0.339 e. The molecule has 1 aliphatic rings. The number of hydrogen-bond donors (Lipinski definition) is 1. The molecule has 2 aromatic rings. The van der Waals surface area contributed by atoms with Crippen molar-refractivity contribution in [3.05, 3.63) is 65.7 Å². The van der Waals surface area contributed by atoms with E-state index in [-0.39, 0.29) is 42.5 Å². The Balaban J connectivity index is 1.88. The first-order valence-corrected chi connectivity index (χ1v) is 11.8. The van der Waals surface area contributed by atoms with Gasteiger partial charge in [0.25, 0.3) is 11.8 Å². The molecule has 8 nitrogen and oxygen atoms in total. The molecule has 1 N–H and O–H groups in total. The van der Waals surface area contributed by atoms with E-state index in [0.29, 0.717) is 6.42 Å². The lowest BCUT2D eigenvalue weighted by atomic mass is 10.2. The molecule has 0 spiro atoms. The molecule has 1 fully saturated rings. The first-order chi connectivity index (χ1) is 15.6. The number of carbonyl (C=O) groups excluding carboxylic acids is 3. The normalized spacial score (nSPS) is 15.1. The molecule has 1 heterocycles. The Labute approximate surface area is 190 Å². The van der Waals surface area contributed by atoms with Gasteiger partial charge in [-0.1, -0.05) is 6.92 Å². The number of nitrogens with one attached hydrogen (secondary N) is 1. The van der Waals surface area contributed by atoms with Crippen molar-refractivity contribution in [2.45, 2.75) is 23.6 Å². The van der Waals surface area contributed by atoms with Crippen molar-refractivity contribution < 1.29 is 31.6 Å². The lowest BCUT2D eigenvalue weighted by Gasteiger charge is -2.36. The van der Waals surface area contributed by atoms with Crippen molar-refractivity contribution in [3.63, 3.8) is 0 Å². The van der Waals surface area contributed by atoms with Gasteiger partial charge in [-0.3, -0.25) is 14.4 Å². The van der Waals surface area contributed by atoms with Gasteiger partial charge < -0.3 is 15.1 Å². The van der Waals surface area contributed by atoms with Gasteiger partial charge in [0.05, 0.1) is 4.90 Å². The third kappa shape index (κ3) is 5.54. The third-order valence-electron chi connectivity index (χ3n) is 5.29. The molecule has 0 radical (unpaired) electrons. The van der Waals surface area contributed by atoms with Crippen LogP contribution in [0.5, 0.6) is 0 Å². The summed E-state index contributed by atoms with van der Waals surface area (Å²) in [6, 6.07) is 8.27. The van der Waals surface area contributed by atoms with Gasteiger partial charge in [0, 0.05) is 38.2 Å². The molecule has 176 valence electrons. The second-order valence-electron chi connectivity index (χ2n) is 7.42. The fourth-order valence-corrected chi connectivity index (χ4v) is 4.87. The fourth-order valence-electron chi connectivity index (χ4n) is 3.40. The van der Waals surface area contributed by atoms with Crippen LogP contribution in [0.25, 0.3) is 0 Å². The number of hydrogen-bond acceptors (Lipinski definition) is 5. The Morgan fingerprint density at radius 2 is 1.36 bits per heavy atom. The van der Waals surface area contributed by atoms with Crippen LogP contribution in [0.2, 0.25) is 0 Å². The summed E-state index contributed by atoms with van der Waals surface area (Å²) in [6.45, 7) is 2.36. The molecule has 0 aliphatic carbocycles. The van der Waals surface area contributed by atoms with Crippen molar-refractivity contribution >= 4 is 27.6 Å². The second-order valence-corrected chi connectivity index (χ2v) is 9.45. The highest BCUT2D eigenvalue weighted by molar-refractivity contribution is 7.92. The van der Waals surface area contributed by atoms with E-state index in [1.807, 2.05) is 0 Å². The van der Waals surface area contributed by atoms with Gasteiger partial charge in [-0.2, -0.15) is 0 Å². The molecular formula is C22H23F2N3O5S. The first-order valence-electron chi connectivity index (χ1n) is 10.3. The van der Waals surface area contributed by atoms with Gasteiger partial charge in [-0.05, 0) is 48.5 Å². The van der Waals surface area contributed by atoms with Crippen molar-refractivity contribution in [2.75, 3.05) is 26.2 Å². The van der Waals surface area contributed by atoms with E-state index in [0.717, 1.165) is 48.5 Å². The number of sulfone groups is 1. The average molecular weight is 480 g/mol. The minimum Gasteiger partial charge on any atom is -0.339 e. The van der Waals surface area contributed by atoms with E-state index in [9.17, 15) is 31.6 Å². The van der Waals surface area contributed by atoms with Gasteiger partial charge in [0.2, 0.25) is 21.1 Å². The lowest BCUT2D eigenvalue weighted by molar-refractivity contribution is -0.139. The first kappa shape index (κ1) is 24.3. The third-order valence-corrected chi connectivity index (χ3v) is 7.16. The quantitative estimate of drug-likeness (QED) is 0.634. The summed E-state index contributed by atoms with van der Waals surface area (Å²) in [5, 5.41) is 0.242. The maximum atomic E-state index is 13.3. The second kappa shape index (κ2) is 10.1. The van der Waals surface area contributed by atoms with E-state index in [4.69, 9.17) is 0 Å². The summed E-state index contributed by atoms with van der Waals surface area (Å²) in [6.07, 6.45) is 0.309. The smallest absolute Gasteiger partial charge is 0.261 e. The Hall–Kier alpha value is -3.34. The van der Waals surface area contributed by atoms with Crippen LogP contribution in [-0.2, 0) is 19.4 Å². The zero-order valence-electron chi connectivity index (χ0n) is 17.8. The number of piperazine rings is 1. The summed E-state index contributed by atoms with van der Waals surface area (Å²) < 4.78 is 53.0. The van der Waals surface area contributed by atoms with E-state index in [1.165, 1.54) is 4.90 Å². The highest BCUT2D eigenvalue weighted by Gasteiger charge is 2.39. The molecule has 11 heteroatoms. The van der Waals surface area contributed by atoms with Gasteiger partial charge in [-0.25, -0.2) is 17.2 Å². The monoisotopic (exact) mass is 479 g/mol. The molecule has 1 atom stereocenters. The van der Waals surface area contributed by atoms with E-state index >= 15 is 0 Å². The Morgan fingerprint density at radius 3 is 1.88 bits per heavy atom. The average Bonchev–Trinajstić information content (AvgIpc) is 2.82. The zero-order valence-corrected chi connectivity index (χ0v) is 18.6. The van der Waals surface area contributed by atoms with E-state index < -0.39 is 38.7 Å². The molecule has 0 saturated carbocycles. The van der Waals surface area contributed by atoms with Gasteiger partial charge in [0.15, 0.2) is 0 Å². The van der Waals surface area contributed by atoms with Crippen LogP contribution in [0, 0.1) is 11.6 Å². The summed E-state index contributed by atoms with van der Waals surface area (Å²) in [4.78, 5) is 40.3. The highest BCUT2D eigenvalue weighted by Crippen LogP contribution is 2.19. The van der Waals surface area contributed by atoms with Crippen LogP contribution in [0.4, 0.5) is 8.78 Å². The van der Waals surface area contributed by atoms with Crippen LogP contribution >= 0.6 is 0 Å². The van der Waals surface area contributed by atoms with Crippen molar-refractivity contribution in [1.82, 2.24) is 15.1 Å². The molecule has 0 aromatic heterocycles. The molecule has 1 aliphatic heterocycles. The maximum absolute atomic E-state index is 13.3. The number of benzene rings is 2. The predicted octanol–water partition coefficient (Wildman–Crippen LogP) is 1.58. The number of carbonyl (C=O) groups is 3. The van der Waals surface area contributed by atoms with Crippen molar-refractivity contribution in [2.24, 2.45) is 0 Å². The number of amides is 3. The van der Waals surface area contributed by atoms with Gasteiger partial charge in [0.1, 0.15) is 11.6 Å². The number of nitrogens with zero attached hydrogens (tertiary/aromatic N) is 2. The molecule has 2 aromatic carbocycles. The molecule has 0 bridgehead atoms. The summed E-state index contributed by atoms with van der Waals surface area (Å²) in [7, 11) is -4.46. The van der Waals surface area contributed by atoms with Gasteiger partial charge in [-0.15, -0.1) is 0 Å². The van der Waals surface area contributed by atoms with E-state index in [1.54, 1.807) is 11.8 Å². The Bertz CT molecular complexity index is 1130. The fraction of sp³-hybridized carbons (Fsp3) is 0.318. The van der Waals surface area contributed by atoms with Crippen LogP contribution in [0.1, 0.15) is 23.7 Å². The number of halogens is 2. The minimum atomic E-state index is -4.46. The summed E-state index contributed by atoms with van der Waals surface area (Å²) >= 11 is 0. The lowest BCUT2D eigenvalue weighted by Crippen LogP contribution is -2.57. The van der Waals surface area contributed by atoms with Crippen LogP contribution in [0.15, 0.2) is 53.4 Å². The molecule has 1 saturated heterocycles. The number of rotatable bonds is 6. The zero-order chi connectivity index (χ0) is 24.2. The van der Waals surface area contributed by atoms with Crippen molar-refractivity contribution in [1.29, 1.82) is 0 Å². The van der Waals surface area contributed by atoms with Crippen LogP contribution in [0.3, 0.4) is 0 Å². The topological polar surface area (TPSA) is 104 Å². The Kier molecular flexibility index (Phi) is 7.42. The molecular weight excluding hydrogens is 456 g/mol. The summed E-state index contributed by atoms with van der Waals surface area (Å²) in [5.41, 5.74) is -0.0399. The molecule has 33 heavy (non-hydrogen) atoms. The van der Waals surface area contributed by atoms with Crippen LogP contribution < -0.4 is 5.32 Å². The molecule has 3 amide bonds. The van der Waals surface area contributed by atoms with Crippen molar-refractivity contribution in [3.8, 4) is 0 Å². The molecule has 1 unspecified atom stereocenters.